The summed E-state index contributed by atoms with van der Waals surface area (Å²) in [5.41, 5.74) is 1.74. The molecule has 0 amide bonds. The van der Waals surface area contributed by atoms with Crippen molar-refractivity contribution in [3.63, 3.8) is 0 Å². The molecule has 0 saturated carbocycles. The molecule has 0 bridgehead atoms. The van der Waals surface area contributed by atoms with Crippen molar-refractivity contribution in [1.29, 1.82) is 0 Å². The molecule has 36 heavy (non-hydrogen) atoms. The van der Waals surface area contributed by atoms with Gasteiger partial charge in [-0.15, -0.1) is 13.2 Å². The molecule has 0 N–H and O–H groups in total. The molecular weight excluding hydrogens is 473 g/mol. The normalized spacial score (nSPS) is 24.2. The Balaban J connectivity index is 1.21. The molecule has 5 nitrogen and oxygen atoms in total. The van der Waals surface area contributed by atoms with Crippen molar-refractivity contribution in [2.75, 3.05) is 13.2 Å². The highest BCUT2D eigenvalue weighted by Gasteiger charge is 2.39. The Morgan fingerprint density at radius 3 is 2.17 bits per heavy atom. The quantitative estimate of drug-likeness (QED) is 0.292. The van der Waals surface area contributed by atoms with Crippen molar-refractivity contribution in [3.8, 4) is 11.5 Å². The number of rotatable bonds is 11. The van der Waals surface area contributed by atoms with Gasteiger partial charge in [-0.25, -0.2) is 0 Å². The molecule has 2 fully saturated rings. The molecule has 2 saturated heterocycles. The monoisotopic (exact) mass is 508 g/mol. The van der Waals surface area contributed by atoms with Gasteiger partial charge >= 0.3 is 6.36 Å². The molecule has 2 aliphatic heterocycles. The van der Waals surface area contributed by atoms with E-state index in [4.69, 9.17) is 18.9 Å². The lowest BCUT2D eigenvalue weighted by molar-refractivity contribution is -0.289. The molecule has 2 aromatic rings. The third-order valence-corrected chi connectivity index (χ3v) is 6.58. The lowest BCUT2D eigenvalue weighted by Gasteiger charge is -2.42. The van der Waals surface area contributed by atoms with Crippen LogP contribution in [0.3, 0.4) is 0 Å². The van der Waals surface area contributed by atoms with Gasteiger partial charge in [0.25, 0.3) is 0 Å². The first-order valence-corrected chi connectivity index (χ1v) is 12.9. The Labute approximate surface area is 210 Å². The lowest BCUT2D eigenvalue weighted by atomic mass is 9.95. The molecule has 2 aliphatic rings. The number of hydrogen-bond acceptors (Lipinski definition) is 5. The molecule has 0 aromatic heterocycles. The summed E-state index contributed by atoms with van der Waals surface area (Å²) in [5.74, 6) is 0.599. The van der Waals surface area contributed by atoms with Crippen LogP contribution < -0.4 is 9.47 Å². The number of unbranched alkanes of at least 4 members (excludes halogenated alkanes) is 5. The van der Waals surface area contributed by atoms with E-state index in [0.29, 0.717) is 13.0 Å². The van der Waals surface area contributed by atoms with Crippen LogP contribution in [0.1, 0.15) is 81.8 Å². The largest absolute Gasteiger partial charge is 0.573 e. The van der Waals surface area contributed by atoms with E-state index >= 15 is 0 Å². The van der Waals surface area contributed by atoms with E-state index in [9.17, 15) is 13.2 Å². The summed E-state index contributed by atoms with van der Waals surface area (Å²) in [6, 6.07) is 13.7. The zero-order chi connectivity index (χ0) is 25.4. The SMILES string of the molecule is CCCCCCCCOc1ccc([C@@H]2OC[C@H]3O[C@@H](c4ccc(OC(F)(F)F)cc4)CC[C@@H]3O2)cc1. The Morgan fingerprint density at radius 2 is 1.44 bits per heavy atom. The van der Waals surface area contributed by atoms with Crippen LogP contribution in [0.2, 0.25) is 0 Å². The van der Waals surface area contributed by atoms with Crippen molar-refractivity contribution in [3.05, 3.63) is 59.7 Å². The van der Waals surface area contributed by atoms with Crippen LogP contribution in [-0.2, 0) is 14.2 Å². The molecule has 4 atom stereocenters. The van der Waals surface area contributed by atoms with Crippen LogP contribution in [0.4, 0.5) is 13.2 Å². The fourth-order valence-corrected chi connectivity index (χ4v) is 4.65. The minimum Gasteiger partial charge on any atom is -0.494 e. The minimum atomic E-state index is -4.70. The van der Waals surface area contributed by atoms with Gasteiger partial charge in [-0.2, -0.15) is 0 Å². The van der Waals surface area contributed by atoms with Gasteiger partial charge in [0.2, 0.25) is 0 Å². The average Bonchev–Trinajstić information content (AvgIpc) is 2.87. The summed E-state index contributed by atoms with van der Waals surface area (Å²) >= 11 is 0. The van der Waals surface area contributed by atoms with Gasteiger partial charge in [-0.1, -0.05) is 63.3 Å². The standard InChI is InChI=1S/C28H35F3O5/c1-2-3-4-5-6-7-18-32-22-12-10-21(11-13-22)27-33-19-26-25(35-27)17-16-24(34-26)20-8-14-23(15-9-20)36-28(29,30)31/h8-15,24-27H,2-7,16-19H2,1H3/t24-,25+,26-,27-/m1/s1. The summed E-state index contributed by atoms with van der Waals surface area (Å²) in [4.78, 5) is 0. The fourth-order valence-electron chi connectivity index (χ4n) is 4.65. The Kier molecular flexibility index (Phi) is 9.51. The summed E-state index contributed by atoms with van der Waals surface area (Å²) in [6.45, 7) is 3.33. The molecule has 0 unspecified atom stereocenters. The number of hydrogen-bond donors (Lipinski definition) is 0. The van der Waals surface area contributed by atoms with Gasteiger partial charge in [-0.3, -0.25) is 0 Å². The maximum absolute atomic E-state index is 12.4. The molecule has 8 heteroatoms. The van der Waals surface area contributed by atoms with E-state index in [2.05, 4.69) is 11.7 Å². The number of fused-ring (bicyclic) bond motifs is 1. The Hall–Kier alpha value is -2.29. The van der Waals surface area contributed by atoms with Crippen LogP contribution in [0.5, 0.6) is 11.5 Å². The predicted octanol–water partition coefficient (Wildman–Crippen LogP) is 7.66. The van der Waals surface area contributed by atoms with E-state index in [1.807, 2.05) is 24.3 Å². The van der Waals surface area contributed by atoms with E-state index in [-0.39, 0.29) is 24.1 Å². The van der Waals surface area contributed by atoms with Gasteiger partial charge < -0.3 is 23.7 Å². The first-order chi connectivity index (χ1) is 17.4. The smallest absolute Gasteiger partial charge is 0.494 e. The van der Waals surface area contributed by atoms with E-state index in [0.717, 1.165) is 36.3 Å². The van der Waals surface area contributed by atoms with Crippen molar-refractivity contribution in [2.45, 2.75) is 89.3 Å². The third kappa shape index (κ3) is 7.85. The van der Waals surface area contributed by atoms with E-state index in [1.165, 1.54) is 44.2 Å². The number of ether oxygens (including phenoxy) is 5. The lowest BCUT2D eigenvalue weighted by Crippen LogP contribution is -2.45. The van der Waals surface area contributed by atoms with Crippen LogP contribution in [-0.4, -0.2) is 31.8 Å². The molecule has 2 heterocycles. The summed E-state index contributed by atoms with van der Waals surface area (Å²) in [5, 5.41) is 0. The summed E-state index contributed by atoms with van der Waals surface area (Å²) in [6.07, 6.45) is 3.15. The molecule has 0 spiro atoms. The molecule has 0 radical (unpaired) electrons. The summed E-state index contributed by atoms with van der Waals surface area (Å²) in [7, 11) is 0. The highest BCUT2D eigenvalue weighted by Crippen LogP contribution is 2.39. The van der Waals surface area contributed by atoms with Crippen LogP contribution in [0.15, 0.2) is 48.5 Å². The second-order valence-corrected chi connectivity index (χ2v) is 9.38. The zero-order valence-electron chi connectivity index (χ0n) is 20.7. The van der Waals surface area contributed by atoms with Gasteiger partial charge in [0.15, 0.2) is 6.29 Å². The van der Waals surface area contributed by atoms with Gasteiger partial charge in [0.1, 0.15) is 17.6 Å². The van der Waals surface area contributed by atoms with Gasteiger partial charge in [-0.05, 0) is 49.1 Å². The first-order valence-electron chi connectivity index (χ1n) is 12.9. The number of alkyl halides is 3. The zero-order valence-corrected chi connectivity index (χ0v) is 20.7. The maximum Gasteiger partial charge on any atom is 0.573 e. The maximum atomic E-state index is 12.4. The second-order valence-electron chi connectivity index (χ2n) is 9.38. The highest BCUT2D eigenvalue weighted by atomic mass is 19.4. The molecule has 2 aromatic carbocycles. The van der Waals surface area contributed by atoms with Crippen LogP contribution in [0.25, 0.3) is 0 Å². The highest BCUT2D eigenvalue weighted by molar-refractivity contribution is 5.30. The van der Waals surface area contributed by atoms with E-state index < -0.39 is 12.7 Å². The predicted molar refractivity (Wildman–Crippen MR) is 129 cm³/mol. The van der Waals surface area contributed by atoms with Crippen molar-refractivity contribution >= 4 is 0 Å². The van der Waals surface area contributed by atoms with Gasteiger partial charge in [0.05, 0.1) is 25.4 Å². The van der Waals surface area contributed by atoms with Gasteiger partial charge in [0, 0.05) is 5.56 Å². The van der Waals surface area contributed by atoms with Crippen molar-refractivity contribution in [1.82, 2.24) is 0 Å². The molecule has 0 aliphatic carbocycles. The number of benzene rings is 2. The van der Waals surface area contributed by atoms with E-state index in [1.54, 1.807) is 12.1 Å². The molecule has 4 rings (SSSR count). The van der Waals surface area contributed by atoms with Crippen molar-refractivity contribution in [2.24, 2.45) is 0 Å². The fraction of sp³-hybridized carbons (Fsp3) is 0.571. The number of halogens is 3. The van der Waals surface area contributed by atoms with Crippen LogP contribution >= 0.6 is 0 Å². The van der Waals surface area contributed by atoms with Crippen molar-refractivity contribution < 1.29 is 36.9 Å². The average molecular weight is 509 g/mol. The third-order valence-electron chi connectivity index (χ3n) is 6.58. The molecule has 198 valence electrons. The minimum absolute atomic E-state index is 0.100. The second kappa shape index (κ2) is 12.8. The first kappa shape index (κ1) is 26.8. The van der Waals surface area contributed by atoms with Crippen LogP contribution in [0, 0.1) is 0 Å². The Morgan fingerprint density at radius 1 is 0.778 bits per heavy atom. The topological polar surface area (TPSA) is 46.2 Å². The molecular formula is C28H35F3O5. The Bertz CT molecular complexity index is 916. The summed E-state index contributed by atoms with van der Waals surface area (Å²) < 4.78 is 65.3.